The fourth-order valence-corrected chi connectivity index (χ4v) is 1.53. The van der Waals surface area contributed by atoms with Gasteiger partial charge in [0.15, 0.2) is 0 Å². The van der Waals surface area contributed by atoms with E-state index in [9.17, 15) is 4.79 Å². The number of nitrogens with one attached hydrogen (secondary N) is 2. The summed E-state index contributed by atoms with van der Waals surface area (Å²) in [5.41, 5.74) is 3.15. The summed E-state index contributed by atoms with van der Waals surface area (Å²) in [5, 5.41) is 10.8. The summed E-state index contributed by atoms with van der Waals surface area (Å²) < 4.78 is 5.60. The number of hydrogen-bond donors (Lipinski definition) is 3. The molecule has 98 valence electrons. The van der Waals surface area contributed by atoms with Gasteiger partial charge >= 0.3 is 6.03 Å². The largest absolute Gasteiger partial charge is 0.489 e. The molecule has 0 aromatic heterocycles. The summed E-state index contributed by atoms with van der Waals surface area (Å²) in [6, 6.07) is 16.0. The van der Waals surface area contributed by atoms with E-state index < -0.39 is 6.03 Å². The lowest BCUT2D eigenvalue weighted by Gasteiger charge is -2.08. The van der Waals surface area contributed by atoms with E-state index in [1.807, 2.05) is 30.3 Å². The van der Waals surface area contributed by atoms with Crippen molar-refractivity contribution < 1.29 is 14.7 Å². The number of ether oxygens (including phenoxy) is 1. The number of rotatable bonds is 4. The molecular weight excluding hydrogens is 244 g/mol. The van der Waals surface area contributed by atoms with Crippen LogP contribution in [0.2, 0.25) is 0 Å². The number of hydrogen-bond acceptors (Lipinski definition) is 3. The molecule has 0 aliphatic rings. The first-order valence-corrected chi connectivity index (χ1v) is 5.76. The molecule has 0 aliphatic heterocycles. The maximum atomic E-state index is 10.9. The minimum absolute atomic E-state index is 0.491. The quantitative estimate of drug-likeness (QED) is 0.583. The average molecular weight is 258 g/mol. The van der Waals surface area contributed by atoms with Crippen LogP contribution in [0.5, 0.6) is 5.75 Å². The van der Waals surface area contributed by atoms with Crippen molar-refractivity contribution in [3.63, 3.8) is 0 Å². The predicted molar refractivity (Wildman–Crippen MR) is 71.2 cm³/mol. The van der Waals surface area contributed by atoms with Gasteiger partial charge in [-0.05, 0) is 29.8 Å². The Morgan fingerprint density at radius 2 is 1.74 bits per heavy atom. The number of amides is 2. The minimum atomic E-state index is -0.682. The van der Waals surface area contributed by atoms with Crippen molar-refractivity contribution >= 4 is 11.7 Å². The molecule has 2 aromatic rings. The highest BCUT2D eigenvalue weighted by molar-refractivity contribution is 5.88. The van der Waals surface area contributed by atoms with Crippen LogP contribution in [-0.2, 0) is 6.61 Å². The molecule has 2 rings (SSSR count). The van der Waals surface area contributed by atoms with Gasteiger partial charge in [0.1, 0.15) is 12.4 Å². The van der Waals surface area contributed by atoms with Crippen molar-refractivity contribution in [3.05, 3.63) is 60.2 Å². The van der Waals surface area contributed by atoms with E-state index in [4.69, 9.17) is 9.94 Å². The van der Waals surface area contributed by atoms with E-state index in [-0.39, 0.29) is 0 Å². The van der Waals surface area contributed by atoms with Crippen LogP contribution >= 0.6 is 0 Å². The molecule has 0 atom stereocenters. The molecule has 0 fully saturated rings. The molecule has 0 saturated carbocycles. The Hall–Kier alpha value is -2.53. The Bertz CT molecular complexity index is 526. The number of anilines is 1. The van der Waals surface area contributed by atoms with E-state index in [0.29, 0.717) is 18.0 Å². The lowest BCUT2D eigenvalue weighted by atomic mass is 10.2. The first-order chi connectivity index (χ1) is 9.28. The predicted octanol–water partition coefficient (Wildman–Crippen LogP) is 2.78. The molecule has 0 radical (unpaired) electrons. The number of urea groups is 1. The van der Waals surface area contributed by atoms with Crippen molar-refractivity contribution in [1.29, 1.82) is 0 Å². The van der Waals surface area contributed by atoms with Gasteiger partial charge in [0, 0.05) is 5.69 Å². The topological polar surface area (TPSA) is 70.6 Å². The van der Waals surface area contributed by atoms with E-state index in [0.717, 1.165) is 5.56 Å². The fourth-order valence-electron chi connectivity index (χ4n) is 1.53. The highest BCUT2D eigenvalue weighted by Gasteiger charge is 2.00. The molecule has 5 heteroatoms. The van der Waals surface area contributed by atoms with Crippen LogP contribution in [0.3, 0.4) is 0 Å². The zero-order chi connectivity index (χ0) is 13.5. The normalized spacial score (nSPS) is 9.74. The molecule has 5 nitrogen and oxygen atoms in total. The van der Waals surface area contributed by atoms with E-state index in [1.165, 1.54) is 5.48 Å². The summed E-state index contributed by atoms with van der Waals surface area (Å²) >= 11 is 0. The van der Waals surface area contributed by atoms with Crippen LogP contribution in [0.1, 0.15) is 5.56 Å². The molecular formula is C14H14N2O3. The molecule has 19 heavy (non-hydrogen) atoms. The molecule has 0 spiro atoms. The third kappa shape index (κ3) is 4.01. The van der Waals surface area contributed by atoms with Crippen molar-refractivity contribution in [2.24, 2.45) is 0 Å². The summed E-state index contributed by atoms with van der Waals surface area (Å²) in [6.45, 7) is 0.491. The van der Waals surface area contributed by atoms with Crippen LogP contribution in [0.4, 0.5) is 10.5 Å². The van der Waals surface area contributed by atoms with Gasteiger partial charge in [-0.1, -0.05) is 30.3 Å². The van der Waals surface area contributed by atoms with Crippen molar-refractivity contribution in [1.82, 2.24) is 5.48 Å². The zero-order valence-corrected chi connectivity index (χ0v) is 10.2. The summed E-state index contributed by atoms with van der Waals surface area (Å²) in [5.74, 6) is 0.707. The molecule has 2 amide bonds. The summed E-state index contributed by atoms with van der Waals surface area (Å²) in [6.07, 6.45) is 0. The third-order valence-corrected chi connectivity index (χ3v) is 2.46. The molecule has 0 saturated heterocycles. The second-order valence-corrected chi connectivity index (χ2v) is 3.86. The molecule has 2 aromatic carbocycles. The third-order valence-electron chi connectivity index (χ3n) is 2.46. The van der Waals surface area contributed by atoms with Gasteiger partial charge in [-0.2, -0.15) is 0 Å². The fraction of sp³-hybridized carbons (Fsp3) is 0.0714. The first-order valence-electron chi connectivity index (χ1n) is 5.76. The number of benzene rings is 2. The van der Waals surface area contributed by atoms with Gasteiger partial charge in [-0.15, -0.1) is 0 Å². The average Bonchev–Trinajstić information content (AvgIpc) is 2.47. The zero-order valence-electron chi connectivity index (χ0n) is 10.2. The van der Waals surface area contributed by atoms with Crippen molar-refractivity contribution in [2.45, 2.75) is 6.61 Å². The van der Waals surface area contributed by atoms with Gasteiger partial charge in [-0.25, -0.2) is 10.3 Å². The standard InChI is InChI=1S/C14H14N2O3/c17-14(16-18)15-12-6-8-13(9-7-12)19-10-11-4-2-1-3-5-11/h1-9,18H,10H2,(H2,15,16,17). The van der Waals surface area contributed by atoms with Crippen LogP contribution in [-0.4, -0.2) is 11.2 Å². The Labute approximate surface area is 110 Å². The number of carbonyl (C=O) groups is 1. The lowest BCUT2D eigenvalue weighted by molar-refractivity contribution is 0.172. The van der Waals surface area contributed by atoms with E-state index >= 15 is 0 Å². The smallest absolute Gasteiger partial charge is 0.342 e. The maximum absolute atomic E-state index is 10.9. The minimum Gasteiger partial charge on any atom is -0.489 e. The summed E-state index contributed by atoms with van der Waals surface area (Å²) in [7, 11) is 0. The highest BCUT2D eigenvalue weighted by atomic mass is 16.5. The molecule has 3 N–H and O–H groups in total. The van der Waals surface area contributed by atoms with Crippen LogP contribution in [0.25, 0.3) is 0 Å². The molecule has 0 bridgehead atoms. The Morgan fingerprint density at radius 3 is 2.37 bits per heavy atom. The summed E-state index contributed by atoms with van der Waals surface area (Å²) in [4.78, 5) is 10.9. The maximum Gasteiger partial charge on any atom is 0.342 e. The molecule has 0 aliphatic carbocycles. The van der Waals surface area contributed by atoms with Crippen LogP contribution < -0.4 is 15.5 Å². The van der Waals surface area contributed by atoms with Gasteiger partial charge in [0.25, 0.3) is 0 Å². The van der Waals surface area contributed by atoms with Gasteiger partial charge < -0.3 is 10.1 Å². The highest BCUT2D eigenvalue weighted by Crippen LogP contribution is 2.16. The van der Waals surface area contributed by atoms with Crippen molar-refractivity contribution in [2.75, 3.05) is 5.32 Å². The second kappa shape index (κ2) is 6.42. The van der Waals surface area contributed by atoms with Crippen LogP contribution in [0, 0.1) is 0 Å². The van der Waals surface area contributed by atoms with Gasteiger partial charge in [0.05, 0.1) is 0 Å². The number of hydroxylamine groups is 1. The Morgan fingerprint density at radius 1 is 1.05 bits per heavy atom. The van der Waals surface area contributed by atoms with Crippen molar-refractivity contribution in [3.8, 4) is 5.75 Å². The number of carbonyl (C=O) groups excluding carboxylic acids is 1. The Balaban J connectivity index is 1.90. The molecule has 0 heterocycles. The van der Waals surface area contributed by atoms with E-state index in [2.05, 4.69) is 5.32 Å². The van der Waals surface area contributed by atoms with Gasteiger partial charge in [-0.3, -0.25) is 5.21 Å². The SMILES string of the molecule is O=C(NO)Nc1ccc(OCc2ccccc2)cc1. The molecule has 0 unspecified atom stereocenters. The van der Waals surface area contributed by atoms with Crippen LogP contribution in [0.15, 0.2) is 54.6 Å². The Kier molecular flexibility index (Phi) is 4.36. The van der Waals surface area contributed by atoms with E-state index in [1.54, 1.807) is 24.3 Å². The van der Waals surface area contributed by atoms with Gasteiger partial charge in [0.2, 0.25) is 0 Å². The monoisotopic (exact) mass is 258 g/mol. The second-order valence-electron chi connectivity index (χ2n) is 3.86. The first kappa shape index (κ1) is 12.9. The lowest BCUT2D eigenvalue weighted by Crippen LogP contribution is -2.24.